The van der Waals surface area contributed by atoms with E-state index in [2.05, 4.69) is 431 Å². The van der Waals surface area contributed by atoms with Crippen LogP contribution in [0.2, 0.25) is 0 Å². The van der Waals surface area contributed by atoms with Crippen LogP contribution in [-0.2, 0) is 0 Å². The lowest BCUT2D eigenvalue weighted by Gasteiger charge is -2.17. The van der Waals surface area contributed by atoms with Crippen LogP contribution in [0.15, 0.2) is 421 Å². The van der Waals surface area contributed by atoms with Crippen LogP contribution in [0.25, 0.3) is 276 Å². The quantitative estimate of drug-likeness (QED) is 0.125. The van der Waals surface area contributed by atoms with Crippen molar-refractivity contribution >= 4 is 174 Å². The fourth-order valence-corrected chi connectivity index (χ4v) is 20.9. The van der Waals surface area contributed by atoms with E-state index in [-0.39, 0.29) is 0 Å². The molecule has 602 valence electrons. The van der Waals surface area contributed by atoms with Crippen molar-refractivity contribution in [2.24, 2.45) is 0 Å². The zero-order chi connectivity index (χ0) is 84.9. The van der Waals surface area contributed by atoms with Gasteiger partial charge in [-0.15, -0.1) is 0 Å². The maximum Gasteiger partial charge on any atom is 0.238 e. The largest absolute Gasteiger partial charge is 0.456 e. The first kappa shape index (κ1) is 71.7. The third-order valence-electron chi connectivity index (χ3n) is 26.8. The number of benzene rings is 20. The highest BCUT2D eigenvalue weighted by atomic mass is 16.3. The van der Waals surface area contributed by atoms with Gasteiger partial charge in [0, 0.05) is 81.3 Å². The molecular formula is C118H68N10O2. The van der Waals surface area contributed by atoms with Gasteiger partial charge in [-0.2, -0.15) is 19.9 Å². The topological polar surface area (TPSA) is 123 Å². The highest BCUT2D eigenvalue weighted by Crippen LogP contribution is 2.50. The Hall–Kier alpha value is -17.7. The molecule has 0 aliphatic carbocycles. The molecule has 8 heterocycles. The third-order valence-corrected chi connectivity index (χ3v) is 26.8. The lowest BCUT2D eigenvalue weighted by Crippen LogP contribution is -2.08. The van der Waals surface area contributed by atoms with Gasteiger partial charge in [0.25, 0.3) is 0 Å². The van der Waals surface area contributed by atoms with Crippen molar-refractivity contribution in [1.82, 2.24) is 48.2 Å². The average Bonchev–Trinajstić information content (AvgIpc) is 1.55. The van der Waals surface area contributed by atoms with Gasteiger partial charge >= 0.3 is 0 Å². The highest BCUT2D eigenvalue weighted by Gasteiger charge is 2.31. The molecule has 0 amide bonds. The van der Waals surface area contributed by atoms with Gasteiger partial charge in [0.2, 0.25) is 11.9 Å². The Morgan fingerprint density at radius 2 is 0.562 bits per heavy atom. The molecule has 0 saturated carbocycles. The molecule has 0 radical (unpaired) electrons. The molecule has 28 aromatic rings. The summed E-state index contributed by atoms with van der Waals surface area (Å²) in [6, 6.07) is 147. The Morgan fingerprint density at radius 1 is 0.177 bits per heavy atom. The molecule has 0 aliphatic rings. The number of para-hydroxylation sites is 6. The second kappa shape index (κ2) is 27.9. The molecule has 0 N–H and O–H groups in total. The molecule has 0 spiro atoms. The smallest absolute Gasteiger partial charge is 0.238 e. The maximum atomic E-state index is 7.46. The summed E-state index contributed by atoms with van der Waals surface area (Å²) in [5, 5.41) is 21.7. The number of nitrogens with zero attached hydrogens (tertiary/aromatic N) is 10. The predicted molar refractivity (Wildman–Crippen MR) is 533 cm³/mol. The monoisotopic (exact) mass is 1660 g/mol. The van der Waals surface area contributed by atoms with Crippen LogP contribution in [0.1, 0.15) is 0 Å². The minimum absolute atomic E-state index is 0.485. The fourth-order valence-electron chi connectivity index (χ4n) is 20.9. The van der Waals surface area contributed by atoms with Crippen LogP contribution in [0.3, 0.4) is 0 Å². The molecule has 28 rings (SSSR count). The van der Waals surface area contributed by atoms with E-state index in [1.54, 1.807) is 0 Å². The van der Waals surface area contributed by atoms with Crippen molar-refractivity contribution < 1.29 is 8.83 Å². The van der Waals surface area contributed by atoms with Crippen LogP contribution in [-0.4, -0.2) is 48.2 Å². The van der Waals surface area contributed by atoms with Gasteiger partial charge in [0.05, 0.1) is 66.6 Å². The summed E-state index contributed by atoms with van der Waals surface area (Å²) in [5.41, 5.74) is 22.2. The molecule has 12 heteroatoms. The van der Waals surface area contributed by atoms with E-state index in [0.29, 0.717) is 40.8 Å². The Balaban J connectivity index is 0.625. The molecule has 0 bridgehead atoms. The highest BCUT2D eigenvalue weighted by molar-refractivity contribution is 6.26. The molecule has 0 saturated heterocycles. The van der Waals surface area contributed by atoms with Crippen molar-refractivity contribution in [2.75, 3.05) is 0 Å². The molecule has 130 heavy (non-hydrogen) atoms. The number of furan rings is 2. The normalized spacial score (nSPS) is 12.2. The number of aromatic nitrogens is 10. The van der Waals surface area contributed by atoms with Gasteiger partial charge in [-0.3, -0.25) is 9.13 Å². The second-order valence-electron chi connectivity index (χ2n) is 34.0. The standard InChI is InChI=1S/C118H68N10O2/c1-2-24-69(25-3-1)75-33-22-34-82(62-75)114-120-115(123-118(122-114)128-97-46-20-14-38-87(97)88-39-15-21-47-98(88)128)110-101(126-99-57-56-72-26-10-11-35-83(72)107(99)92-64-77-28-5-8-31-80(77)67-103(92)126)59-61-105-108(110)90-42-23-41-84(112(90)130-105)73-52-48-70(49-53-73)71-50-54-74(55-51-71)113-119-116(124-117(121-113)127-95-44-18-12-36-85(95)86-37-13-19-45-96(86)127)111-100(58-60-104-109(111)93-65-78-29-6-9-32-81(78)68-106(93)129-104)125-94-43-17-16-40-89(94)91-63-76-27-4-7-30-79(76)66-102(91)125/h1-68H. The third kappa shape index (κ3) is 10.9. The van der Waals surface area contributed by atoms with Crippen LogP contribution in [0, 0.1) is 0 Å². The van der Waals surface area contributed by atoms with E-state index < -0.39 is 0 Å². The second-order valence-corrected chi connectivity index (χ2v) is 34.0. The number of fused-ring (bicyclic) bond motifs is 23. The lowest BCUT2D eigenvalue weighted by molar-refractivity contribution is 0.669. The van der Waals surface area contributed by atoms with E-state index in [1.165, 1.54) is 10.8 Å². The van der Waals surface area contributed by atoms with E-state index >= 15 is 0 Å². The summed E-state index contributed by atoms with van der Waals surface area (Å²) < 4.78 is 23.7. The Bertz CT molecular complexity index is 9610. The van der Waals surface area contributed by atoms with E-state index in [9.17, 15) is 0 Å². The summed E-state index contributed by atoms with van der Waals surface area (Å²) in [7, 11) is 0. The summed E-state index contributed by atoms with van der Waals surface area (Å²) in [4.78, 5) is 34.3. The van der Waals surface area contributed by atoms with Gasteiger partial charge in [-0.25, -0.2) is 9.97 Å². The lowest BCUT2D eigenvalue weighted by atomic mass is 9.97. The zero-order valence-electron chi connectivity index (χ0n) is 69.5. The summed E-state index contributed by atoms with van der Waals surface area (Å²) in [6.07, 6.45) is 0. The SMILES string of the molecule is c1ccc(-c2cccc(-c3nc(-c4c(-n5c6cc7ccccc7cc6c6c7ccccc7ccc65)ccc5oc6c(-c7ccc(-c8ccc(-c9nc(-c%10c(-n%11c%12ccccc%12c%12cc%13ccccc%13cc%12%11)ccc%11oc%12cc%13ccccc%13cc%12c%10%11)nc(-n%10c%11ccccc%11c%11ccccc%11%10)n9)cc8)cc7)cccc6c45)nc(-n4c5ccccc5c5ccccc54)n3)c2)cc1. The van der Waals surface area contributed by atoms with Crippen LogP contribution in [0.4, 0.5) is 0 Å². The molecule has 8 aromatic heterocycles. The van der Waals surface area contributed by atoms with Gasteiger partial charge in [0.1, 0.15) is 22.3 Å². The van der Waals surface area contributed by atoms with Gasteiger partial charge in [-0.05, 0) is 174 Å². The van der Waals surface area contributed by atoms with E-state index in [0.717, 1.165) is 225 Å². The Kier molecular flexibility index (Phi) is 15.4. The minimum Gasteiger partial charge on any atom is -0.456 e. The summed E-state index contributed by atoms with van der Waals surface area (Å²) in [6.45, 7) is 0. The van der Waals surface area contributed by atoms with Crippen molar-refractivity contribution in [2.45, 2.75) is 0 Å². The van der Waals surface area contributed by atoms with Crippen molar-refractivity contribution in [1.29, 1.82) is 0 Å². The van der Waals surface area contributed by atoms with Crippen molar-refractivity contribution in [3.05, 3.63) is 413 Å². The molecule has 0 aliphatic heterocycles. The van der Waals surface area contributed by atoms with Crippen molar-refractivity contribution in [3.8, 4) is 102 Å². The molecule has 20 aromatic carbocycles. The number of rotatable bonds is 11. The van der Waals surface area contributed by atoms with E-state index in [1.807, 2.05) is 0 Å². The average molecular weight is 1660 g/mol. The van der Waals surface area contributed by atoms with Gasteiger partial charge < -0.3 is 18.0 Å². The number of hydrogen-bond acceptors (Lipinski definition) is 8. The first-order chi connectivity index (χ1) is 64.4. The van der Waals surface area contributed by atoms with Crippen LogP contribution >= 0.6 is 0 Å². The Labute approximate surface area is 741 Å². The maximum absolute atomic E-state index is 7.46. The van der Waals surface area contributed by atoms with Crippen LogP contribution in [0.5, 0.6) is 0 Å². The van der Waals surface area contributed by atoms with Gasteiger partial charge in [0.15, 0.2) is 23.3 Å². The predicted octanol–water partition coefficient (Wildman–Crippen LogP) is 30.5. The summed E-state index contributed by atoms with van der Waals surface area (Å²) in [5.74, 6) is 2.99. The first-order valence-corrected chi connectivity index (χ1v) is 43.9. The molecule has 0 unspecified atom stereocenters. The molecule has 0 fully saturated rings. The summed E-state index contributed by atoms with van der Waals surface area (Å²) >= 11 is 0. The van der Waals surface area contributed by atoms with Crippen molar-refractivity contribution in [3.63, 3.8) is 0 Å². The fraction of sp³-hybridized carbons (Fsp3) is 0. The molecule has 0 atom stereocenters. The molecule has 12 nitrogen and oxygen atoms in total. The first-order valence-electron chi connectivity index (χ1n) is 43.9. The zero-order valence-corrected chi connectivity index (χ0v) is 69.5. The van der Waals surface area contributed by atoms with Gasteiger partial charge in [-0.1, -0.05) is 309 Å². The molecular weight excluding hydrogens is 1590 g/mol. The Morgan fingerprint density at radius 3 is 1.13 bits per heavy atom. The number of hydrogen-bond donors (Lipinski definition) is 0. The minimum atomic E-state index is 0.485. The van der Waals surface area contributed by atoms with E-state index in [4.69, 9.17) is 38.7 Å². The van der Waals surface area contributed by atoms with Crippen LogP contribution < -0.4 is 0 Å².